The van der Waals surface area contributed by atoms with Crippen LogP contribution in [0.3, 0.4) is 0 Å². The van der Waals surface area contributed by atoms with Crippen molar-refractivity contribution < 1.29 is 56.6 Å². The molecule has 23 nitrogen and oxygen atoms in total. The largest absolute Gasteiger partial charge is 0.481 e. The molecular weight excluding hydrogens is 1710 g/mol. The van der Waals surface area contributed by atoms with E-state index in [1.165, 1.54) is 40.0 Å². The minimum Gasteiger partial charge on any atom is -0.481 e. The van der Waals surface area contributed by atoms with Crippen LogP contribution in [0.4, 0.5) is 24.5 Å². The molecule has 2 unspecified atom stereocenters. The van der Waals surface area contributed by atoms with E-state index in [0.29, 0.717) is 12.8 Å². The molecule has 3 aromatic heterocycles. The molecule has 126 heavy (non-hydrogen) atoms. The second-order valence-electron chi connectivity index (χ2n) is 34.7. The van der Waals surface area contributed by atoms with Crippen LogP contribution in [0.25, 0.3) is 49.8 Å². The van der Waals surface area contributed by atoms with Gasteiger partial charge in [0.25, 0.3) is 0 Å². The van der Waals surface area contributed by atoms with Gasteiger partial charge in [-0.25, -0.2) is 27.2 Å². The van der Waals surface area contributed by atoms with Gasteiger partial charge in [0, 0.05) is 79.1 Å². The summed E-state index contributed by atoms with van der Waals surface area (Å²) in [5.74, 6) is -1.38. The third-order valence-electron chi connectivity index (χ3n) is 25.0. The zero-order valence-corrected chi connectivity index (χ0v) is 72.0. The summed E-state index contributed by atoms with van der Waals surface area (Å²) in [5, 5.41) is 39.6. The number of aliphatic carboxylic acids is 1. The maximum Gasteiger partial charge on any atom is 0.309 e. The maximum atomic E-state index is 13.4. The average molecular weight is 1810 g/mol. The number of carbonyl (C=O) groups excluding carboxylic acids is 7. The third kappa shape index (κ3) is 19.4. The lowest BCUT2D eigenvalue weighted by molar-refractivity contribution is -0.142. The number of anilines is 2. The Morgan fingerprint density at radius 1 is 0.389 bits per heavy atom. The zero-order chi connectivity index (χ0) is 88.3. The molecule has 4 aliphatic carbocycles. The molecule has 0 bridgehead atoms. The fourth-order valence-corrected chi connectivity index (χ4v) is 16.7. The Hall–Kier alpha value is -13.2. The summed E-state index contributed by atoms with van der Waals surface area (Å²) in [6.45, 7) is 7.70. The number of carboxylic acids is 1. The van der Waals surface area contributed by atoms with Gasteiger partial charge in [0.1, 0.15) is 17.5 Å². The van der Waals surface area contributed by atoms with Gasteiger partial charge in [-0.05, 0) is 231 Å². The number of carboxylic acid groups (broad SMARTS) is 1. The number of fused-ring (bicyclic) bond motifs is 3. The first-order valence-electron chi connectivity index (χ1n) is 42.3. The Kier molecular flexibility index (Phi) is 24.8. The van der Waals surface area contributed by atoms with E-state index in [1.54, 1.807) is 74.9 Å². The number of rotatable bonds is 16. The minimum absolute atomic E-state index is 0.0000954. The zero-order valence-electron chi connectivity index (χ0n) is 69.9. The van der Waals surface area contributed by atoms with E-state index in [1.807, 2.05) is 202 Å². The first-order valence-corrected chi connectivity index (χ1v) is 43.4. The van der Waals surface area contributed by atoms with E-state index < -0.39 is 5.97 Å². The first-order chi connectivity index (χ1) is 60.6. The molecule has 21 rings (SSSR count). The third-order valence-corrected chi connectivity index (χ3v) is 25.7. The van der Waals surface area contributed by atoms with Crippen molar-refractivity contribution in [2.24, 2.45) is 27.4 Å². The Bertz CT molecular complexity index is 5990. The summed E-state index contributed by atoms with van der Waals surface area (Å²) in [4.78, 5) is 101. The van der Waals surface area contributed by atoms with Gasteiger partial charge in [-0.3, -0.25) is 38.4 Å². The van der Waals surface area contributed by atoms with Crippen LogP contribution in [0.1, 0.15) is 151 Å². The summed E-state index contributed by atoms with van der Waals surface area (Å²) in [6.07, 6.45) is 13.7. The molecule has 10 aromatic carbocycles. The minimum atomic E-state index is -0.646. The molecule has 8 N–H and O–H groups in total. The number of hydrogen-bond donors (Lipinski definition) is 7. The van der Waals surface area contributed by atoms with Gasteiger partial charge in [-0.15, -0.1) is 0 Å². The van der Waals surface area contributed by atoms with Crippen LogP contribution in [0.15, 0.2) is 267 Å². The Balaban J connectivity index is 0.000000119. The van der Waals surface area contributed by atoms with Crippen molar-refractivity contribution >= 4 is 114 Å². The molecule has 7 heterocycles. The SMILES string of the molecule is CC1(C(=O)N[C@@H]2CC(=O)N(c3ccc4c(cnn4-c4ccc(F)cc4)c3)[C@H]2c2ccccc2)CC1.CC1(C(=O)N[C@H]2CC(=O)N(c3ccc4c(cnn4-c4ccc(F)cc4)c3)[C@@H]2c2ccccc2)CC1.CC1(C(=O)N[C@H]2CC(=O)NC2c2ccccc2)CC1.CC1(C(=O)O)CC1.Fc1ccc(-n2ncc3cc(I)ccc32)cc1.N[C@H]1CC(=O)NC1c1ccccc1. The number of carbonyl (C=O) groups is 8. The topological polar surface area (TPSA) is 303 Å². The Morgan fingerprint density at radius 3 is 1.03 bits per heavy atom. The summed E-state index contributed by atoms with van der Waals surface area (Å²) in [7, 11) is 0. The smallest absolute Gasteiger partial charge is 0.309 e. The highest BCUT2D eigenvalue weighted by molar-refractivity contribution is 14.1. The monoisotopic (exact) mass is 1810 g/mol. The molecule has 13 aromatic rings. The number of benzene rings is 10. The second kappa shape index (κ2) is 36.2. The van der Waals surface area contributed by atoms with Crippen LogP contribution < -0.4 is 42.1 Å². The van der Waals surface area contributed by atoms with Crippen LogP contribution in [-0.2, 0) is 38.4 Å². The van der Waals surface area contributed by atoms with Gasteiger partial charge in [-0.1, -0.05) is 142 Å². The van der Waals surface area contributed by atoms with Crippen LogP contribution in [0, 0.1) is 42.7 Å². The normalized spacial score (nSPS) is 21.4. The predicted molar refractivity (Wildman–Crippen MR) is 483 cm³/mol. The number of aromatic nitrogens is 6. The summed E-state index contributed by atoms with van der Waals surface area (Å²) < 4.78 is 46.1. The van der Waals surface area contributed by atoms with Crippen molar-refractivity contribution in [1.82, 2.24) is 55.9 Å². The average Bonchev–Trinajstić information content (AvgIpc) is 1.60. The highest BCUT2D eigenvalue weighted by Gasteiger charge is 2.52. The standard InChI is InChI=1S/2C28H25FN4O2.C15H18N2O2.C13H8FIN2.C10H12N2O.C5H8O2/c2*1-28(13-14-28)27(35)31-23-16-25(34)32(26(23)18-5-3-2-4-6-18)22-11-12-24-19(15-22)17-30-33(24)21-9-7-20(29)8-10-21;1-15(7-8-15)14(19)16-11-9-12(18)17-13(11)10-5-3-2-4-6-10;14-10-1-4-12(5-2-10)17-13-6-3-11(15)7-9(13)8-16-17;11-8-6-9(13)12-10(8)7-4-2-1-3-5-7;1-5(2-3-5)4(6)7/h2*2-12,15,17,23,26H,13-14,16H2,1H3,(H,31,35);2-6,11,13H,7-9H2,1H3,(H,16,19)(H,17,18);1-8H;1-5,8,10H,6,11H2,(H,12,13);2-3H2,1H3,(H,6,7)/t2*23-,26+;11-,13?;;8-,10?;/m100.0./s1. The quantitative estimate of drug-likeness (QED) is 0.0443. The van der Waals surface area contributed by atoms with Crippen molar-refractivity contribution in [3.63, 3.8) is 0 Å². The molecule has 4 aliphatic heterocycles. The fraction of sp³-hybridized carbons (Fsp3) is 0.283. The molecule has 27 heteroatoms. The fourth-order valence-electron chi connectivity index (χ4n) is 16.2. The van der Waals surface area contributed by atoms with Gasteiger partial charge in [0.2, 0.25) is 41.4 Å². The molecule has 4 saturated heterocycles. The van der Waals surface area contributed by atoms with E-state index in [-0.39, 0.29) is 142 Å². The lowest BCUT2D eigenvalue weighted by Gasteiger charge is -2.30. The maximum absolute atomic E-state index is 13.4. The Labute approximate surface area is 739 Å². The lowest BCUT2D eigenvalue weighted by atomic mass is 9.98. The number of halogens is 4. The molecule has 8 fully saturated rings. The van der Waals surface area contributed by atoms with Crippen molar-refractivity contribution in [2.75, 3.05) is 9.80 Å². The van der Waals surface area contributed by atoms with Crippen molar-refractivity contribution in [1.29, 1.82) is 0 Å². The second-order valence-corrected chi connectivity index (χ2v) is 36.0. The number of hydrogen-bond acceptors (Lipinski definition) is 12. The van der Waals surface area contributed by atoms with Crippen LogP contribution in [0.5, 0.6) is 0 Å². The molecular formula is C99H96F3IN14O9. The number of nitrogens with two attached hydrogens (primary N) is 1. The van der Waals surface area contributed by atoms with Gasteiger partial charge < -0.3 is 47.2 Å². The number of nitrogens with one attached hydrogen (secondary N) is 5. The molecule has 644 valence electrons. The van der Waals surface area contributed by atoms with Crippen molar-refractivity contribution in [3.8, 4) is 17.1 Å². The summed E-state index contributed by atoms with van der Waals surface area (Å²) in [5.41, 5.74) is 15.4. The van der Waals surface area contributed by atoms with Gasteiger partial charge in [0.15, 0.2) is 0 Å². The molecule has 7 amide bonds. The molecule has 0 spiro atoms. The lowest BCUT2D eigenvalue weighted by Crippen LogP contribution is -2.42. The molecule has 0 radical (unpaired) electrons. The van der Waals surface area contributed by atoms with Crippen molar-refractivity contribution in [3.05, 3.63) is 311 Å². The van der Waals surface area contributed by atoms with E-state index >= 15 is 0 Å². The Morgan fingerprint density at radius 2 is 0.698 bits per heavy atom. The van der Waals surface area contributed by atoms with Gasteiger partial charge in [-0.2, -0.15) is 15.3 Å². The first kappa shape index (κ1) is 86.4. The van der Waals surface area contributed by atoms with Crippen LogP contribution in [-0.4, -0.2) is 106 Å². The van der Waals surface area contributed by atoms with Gasteiger partial charge >= 0.3 is 5.97 Å². The summed E-state index contributed by atoms with van der Waals surface area (Å²) >= 11 is 2.27. The predicted octanol–water partition coefficient (Wildman–Crippen LogP) is 16.6. The van der Waals surface area contributed by atoms with Crippen LogP contribution in [0.2, 0.25) is 0 Å². The van der Waals surface area contributed by atoms with Crippen molar-refractivity contribution in [2.45, 2.75) is 153 Å². The molecule has 4 saturated carbocycles. The highest BCUT2D eigenvalue weighted by atomic mass is 127. The highest BCUT2D eigenvalue weighted by Crippen LogP contribution is 2.50. The van der Waals surface area contributed by atoms with E-state index in [9.17, 15) is 51.5 Å². The van der Waals surface area contributed by atoms with Gasteiger partial charge in [0.05, 0.1) is 99.9 Å². The molecule has 8 atom stereocenters. The van der Waals surface area contributed by atoms with E-state index in [4.69, 9.17) is 10.8 Å². The number of nitrogens with zero attached hydrogens (tertiary/aromatic N) is 8. The molecule has 8 aliphatic rings. The van der Waals surface area contributed by atoms with Crippen LogP contribution >= 0.6 is 22.6 Å². The summed E-state index contributed by atoms with van der Waals surface area (Å²) in [6, 6.07) is 74.1. The van der Waals surface area contributed by atoms with E-state index in [2.05, 4.69) is 70.5 Å². The number of amides is 7. The van der Waals surface area contributed by atoms with E-state index in [0.717, 1.165) is 135 Å².